The molecule has 0 spiro atoms. The Morgan fingerprint density at radius 2 is 1.81 bits per heavy atom. The van der Waals surface area contributed by atoms with Crippen LogP contribution in [-0.2, 0) is 8.85 Å². The first kappa shape index (κ1) is 13.2. The summed E-state index contributed by atoms with van der Waals surface area (Å²) < 4.78 is 10.9. The van der Waals surface area contributed by atoms with Gasteiger partial charge >= 0.3 is 9.28 Å². The molecule has 88 valence electrons. The summed E-state index contributed by atoms with van der Waals surface area (Å²) in [5, 5.41) is 0. The quantitative estimate of drug-likeness (QED) is 0.707. The summed E-state index contributed by atoms with van der Waals surface area (Å²) in [5.41, 5.74) is 2.86. The van der Waals surface area contributed by atoms with Crippen molar-refractivity contribution in [2.75, 3.05) is 14.2 Å². The van der Waals surface area contributed by atoms with Gasteiger partial charge in [0.05, 0.1) is 0 Å². The molecule has 16 heavy (non-hydrogen) atoms. The maximum atomic E-state index is 5.46. The van der Waals surface area contributed by atoms with Gasteiger partial charge in [0.15, 0.2) is 0 Å². The predicted molar refractivity (Wildman–Crippen MR) is 70.7 cm³/mol. The molecular formula is C13H20O2Si. The average molecular weight is 236 g/mol. The number of hydrogen-bond donors (Lipinski definition) is 0. The lowest BCUT2D eigenvalue weighted by atomic mass is 10.1. The van der Waals surface area contributed by atoms with E-state index in [-0.39, 0.29) is 0 Å². The van der Waals surface area contributed by atoms with Crippen molar-refractivity contribution in [3.8, 4) is 0 Å². The van der Waals surface area contributed by atoms with Crippen molar-refractivity contribution >= 4 is 15.4 Å². The second kappa shape index (κ2) is 6.63. The molecule has 1 atom stereocenters. The van der Waals surface area contributed by atoms with E-state index < -0.39 is 9.28 Å². The highest BCUT2D eigenvalue weighted by molar-refractivity contribution is 6.46. The summed E-state index contributed by atoms with van der Waals surface area (Å²) in [6.45, 7) is 5.92. The van der Waals surface area contributed by atoms with Gasteiger partial charge in [0, 0.05) is 19.8 Å². The van der Waals surface area contributed by atoms with Crippen LogP contribution in [-0.4, -0.2) is 23.5 Å². The summed E-state index contributed by atoms with van der Waals surface area (Å²) in [6.07, 6.45) is 2.90. The summed E-state index contributed by atoms with van der Waals surface area (Å²) in [6, 6.07) is 8.45. The average Bonchev–Trinajstić information content (AvgIpc) is 2.36. The first-order chi connectivity index (χ1) is 7.76. The standard InChI is InChI=1S/C13H20O2Si/c1-5-11-7-9-12(10-8-11)13(6-2)16(14-3)15-4/h5,7-10,13,16H,1,6H2,2-4H3. The van der Waals surface area contributed by atoms with Gasteiger partial charge in [-0.25, -0.2) is 0 Å². The Hall–Kier alpha value is -0.903. The van der Waals surface area contributed by atoms with Gasteiger partial charge < -0.3 is 8.85 Å². The van der Waals surface area contributed by atoms with Crippen LogP contribution in [0.25, 0.3) is 6.08 Å². The lowest BCUT2D eigenvalue weighted by Gasteiger charge is -2.21. The molecule has 0 saturated carbocycles. The Bertz CT molecular complexity index is 317. The Labute approximate surface area is 99.7 Å². The topological polar surface area (TPSA) is 18.5 Å². The van der Waals surface area contributed by atoms with Crippen molar-refractivity contribution < 1.29 is 8.85 Å². The van der Waals surface area contributed by atoms with Crippen molar-refractivity contribution in [3.63, 3.8) is 0 Å². The van der Waals surface area contributed by atoms with Gasteiger partial charge in [-0.15, -0.1) is 0 Å². The first-order valence-electron chi connectivity index (χ1n) is 5.54. The Morgan fingerprint density at radius 1 is 1.25 bits per heavy atom. The molecule has 1 rings (SSSR count). The second-order valence-corrected chi connectivity index (χ2v) is 6.21. The zero-order valence-electron chi connectivity index (χ0n) is 10.3. The van der Waals surface area contributed by atoms with Crippen LogP contribution in [0, 0.1) is 0 Å². The van der Waals surface area contributed by atoms with E-state index in [9.17, 15) is 0 Å². The van der Waals surface area contributed by atoms with E-state index in [2.05, 4.69) is 37.8 Å². The highest BCUT2D eigenvalue weighted by Gasteiger charge is 2.24. The van der Waals surface area contributed by atoms with Crippen LogP contribution in [0.1, 0.15) is 30.0 Å². The third-order valence-corrected chi connectivity index (χ3v) is 5.28. The molecule has 1 aromatic rings. The number of benzene rings is 1. The normalized spacial score (nSPS) is 12.8. The molecule has 0 heterocycles. The monoisotopic (exact) mass is 236 g/mol. The van der Waals surface area contributed by atoms with Gasteiger partial charge in [-0.2, -0.15) is 0 Å². The molecule has 3 heteroatoms. The fourth-order valence-electron chi connectivity index (χ4n) is 1.89. The predicted octanol–water partition coefficient (Wildman–Crippen LogP) is 2.88. The Balaban J connectivity index is 2.89. The van der Waals surface area contributed by atoms with Gasteiger partial charge in [0.1, 0.15) is 0 Å². The SMILES string of the molecule is C=Cc1ccc(C(CC)[SiH](OC)OC)cc1. The van der Waals surface area contributed by atoms with Gasteiger partial charge in [-0.3, -0.25) is 0 Å². The van der Waals surface area contributed by atoms with E-state index in [0.29, 0.717) is 5.54 Å². The summed E-state index contributed by atoms with van der Waals surface area (Å²) in [4.78, 5) is 0. The molecule has 0 amide bonds. The third kappa shape index (κ3) is 3.04. The molecular weight excluding hydrogens is 216 g/mol. The van der Waals surface area contributed by atoms with Crippen LogP contribution in [0.3, 0.4) is 0 Å². The van der Waals surface area contributed by atoms with Crippen LogP contribution in [0.5, 0.6) is 0 Å². The minimum absolute atomic E-state index is 0.411. The van der Waals surface area contributed by atoms with Crippen LogP contribution in [0.4, 0.5) is 0 Å². The van der Waals surface area contributed by atoms with Crippen LogP contribution >= 0.6 is 0 Å². The summed E-state index contributed by atoms with van der Waals surface area (Å²) in [5.74, 6) is 0. The maximum absolute atomic E-state index is 5.46. The summed E-state index contributed by atoms with van der Waals surface area (Å²) >= 11 is 0. The lowest BCUT2D eigenvalue weighted by Crippen LogP contribution is -2.28. The number of rotatable bonds is 6. The fraction of sp³-hybridized carbons (Fsp3) is 0.385. The van der Waals surface area contributed by atoms with Crippen molar-refractivity contribution in [1.82, 2.24) is 0 Å². The molecule has 0 aliphatic carbocycles. The van der Waals surface area contributed by atoms with E-state index >= 15 is 0 Å². The van der Waals surface area contributed by atoms with Gasteiger partial charge in [-0.05, 0) is 17.5 Å². The highest BCUT2D eigenvalue weighted by Crippen LogP contribution is 2.23. The highest BCUT2D eigenvalue weighted by atomic mass is 28.3. The zero-order valence-corrected chi connectivity index (χ0v) is 11.4. The molecule has 2 nitrogen and oxygen atoms in total. The molecule has 0 bridgehead atoms. The van der Waals surface area contributed by atoms with Crippen molar-refractivity contribution in [2.24, 2.45) is 0 Å². The molecule has 0 aliphatic heterocycles. The maximum Gasteiger partial charge on any atom is 0.328 e. The minimum Gasteiger partial charge on any atom is -0.400 e. The lowest BCUT2D eigenvalue weighted by molar-refractivity contribution is 0.265. The molecule has 0 radical (unpaired) electrons. The van der Waals surface area contributed by atoms with E-state index in [1.807, 2.05) is 6.08 Å². The smallest absolute Gasteiger partial charge is 0.328 e. The molecule has 1 unspecified atom stereocenters. The van der Waals surface area contributed by atoms with Gasteiger partial charge in [0.25, 0.3) is 0 Å². The van der Waals surface area contributed by atoms with E-state index in [1.54, 1.807) is 14.2 Å². The second-order valence-electron chi connectivity index (χ2n) is 3.73. The van der Waals surface area contributed by atoms with Gasteiger partial charge in [-0.1, -0.05) is 43.8 Å². The number of hydrogen-bond acceptors (Lipinski definition) is 2. The van der Waals surface area contributed by atoms with Crippen molar-refractivity contribution in [3.05, 3.63) is 42.0 Å². The fourth-order valence-corrected chi connectivity index (χ4v) is 3.66. The minimum atomic E-state index is -1.58. The molecule has 0 fully saturated rings. The summed E-state index contributed by atoms with van der Waals surface area (Å²) in [7, 11) is 1.89. The largest absolute Gasteiger partial charge is 0.400 e. The van der Waals surface area contributed by atoms with Crippen LogP contribution in [0.15, 0.2) is 30.8 Å². The first-order valence-corrected chi connectivity index (χ1v) is 7.15. The molecule has 1 aromatic carbocycles. The molecule has 0 aromatic heterocycles. The molecule has 0 N–H and O–H groups in total. The van der Waals surface area contributed by atoms with E-state index in [1.165, 1.54) is 5.56 Å². The van der Waals surface area contributed by atoms with Crippen LogP contribution < -0.4 is 0 Å². The molecule has 0 aliphatic rings. The Kier molecular flexibility index (Phi) is 5.45. The van der Waals surface area contributed by atoms with Crippen LogP contribution in [0.2, 0.25) is 0 Å². The Morgan fingerprint density at radius 3 is 2.19 bits per heavy atom. The van der Waals surface area contributed by atoms with E-state index in [4.69, 9.17) is 8.85 Å². The van der Waals surface area contributed by atoms with Crippen molar-refractivity contribution in [2.45, 2.75) is 18.9 Å². The van der Waals surface area contributed by atoms with E-state index in [0.717, 1.165) is 12.0 Å². The van der Waals surface area contributed by atoms with Gasteiger partial charge in [0.2, 0.25) is 0 Å². The molecule has 0 saturated heterocycles. The third-order valence-electron chi connectivity index (χ3n) is 2.83. The van der Waals surface area contributed by atoms with Crippen molar-refractivity contribution in [1.29, 1.82) is 0 Å². The zero-order chi connectivity index (χ0) is 12.0.